The number of carbonyl (C=O) groups is 5. The van der Waals surface area contributed by atoms with Gasteiger partial charge in [0.2, 0.25) is 23.6 Å². The number of hydrogen-bond donors (Lipinski definition) is 3. The molecule has 2 aromatic rings. The number of benzene rings is 1. The summed E-state index contributed by atoms with van der Waals surface area (Å²) in [5.74, 6) is -3.06. The van der Waals surface area contributed by atoms with E-state index in [1.807, 2.05) is 44.2 Å². The van der Waals surface area contributed by atoms with Crippen LogP contribution in [0, 0.1) is 5.92 Å². The van der Waals surface area contributed by atoms with Crippen molar-refractivity contribution in [2.24, 2.45) is 20.0 Å². The lowest BCUT2D eigenvalue weighted by Gasteiger charge is -2.30. The van der Waals surface area contributed by atoms with Gasteiger partial charge in [0.25, 0.3) is 11.5 Å². The maximum atomic E-state index is 13.6. The molecule has 0 bridgehead atoms. The van der Waals surface area contributed by atoms with E-state index in [1.54, 1.807) is 0 Å². The minimum absolute atomic E-state index is 0.00580. The molecule has 0 unspecified atom stereocenters. The highest BCUT2D eigenvalue weighted by Crippen LogP contribution is 2.12. The third-order valence-electron chi connectivity index (χ3n) is 7.61. The monoisotopic (exact) mass is 611 g/mol. The van der Waals surface area contributed by atoms with Gasteiger partial charge in [-0.3, -0.25) is 37.9 Å². The van der Waals surface area contributed by atoms with E-state index in [1.165, 1.54) is 33.0 Å². The Morgan fingerprint density at radius 3 is 2.20 bits per heavy atom. The van der Waals surface area contributed by atoms with Crippen LogP contribution < -0.4 is 27.2 Å². The Labute approximate surface area is 255 Å². The molecular formula is C30H41N7O7. The Balaban J connectivity index is 2.01. The normalized spacial score (nSPS) is 20.8. The minimum Gasteiger partial charge on any atom is -0.353 e. The summed E-state index contributed by atoms with van der Waals surface area (Å²) in [5, 5.41) is 8.15. The molecule has 1 saturated heterocycles. The van der Waals surface area contributed by atoms with Gasteiger partial charge in [-0.1, -0.05) is 44.2 Å². The van der Waals surface area contributed by atoms with Crippen LogP contribution in [0.15, 0.2) is 46.0 Å². The molecule has 14 heteroatoms. The molecule has 0 aliphatic carbocycles. The zero-order valence-corrected chi connectivity index (χ0v) is 26.0. The second-order valence-corrected chi connectivity index (χ2v) is 11.4. The lowest BCUT2D eigenvalue weighted by atomic mass is 10.0. The van der Waals surface area contributed by atoms with E-state index < -0.39 is 65.5 Å². The SMILES string of the molecule is CC(C)C[C@@H]1NC(=O)CN(C(=O)c2cc(=O)n(C)c(=O)n2C)CCNC(=O)[C@H](Cc2ccccc2)NC(=O)[C@H](C)N(C)C1=O. The zero-order valence-electron chi connectivity index (χ0n) is 26.0. The third kappa shape index (κ3) is 8.20. The molecule has 1 aromatic heterocycles. The van der Waals surface area contributed by atoms with Crippen LogP contribution in [-0.2, 0) is 39.7 Å². The van der Waals surface area contributed by atoms with Crippen molar-refractivity contribution in [1.29, 1.82) is 0 Å². The second kappa shape index (κ2) is 14.6. The first kappa shape index (κ1) is 33.7. The van der Waals surface area contributed by atoms with Gasteiger partial charge in [0, 0.05) is 46.7 Å². The average molecular weight is 612 g/mol. The van der Waals surface area contributed by atoms with Gasteiger partial charge in [-0.25, -0.2) is 4.79 Å². The number of amides is 5. The van der Waals surface area contributed by atoms with Crippen LogP contribution in [0.2, 0.25) is 0 Å². The van der Waals surface area contributed by atoms with Gasteiger partial charge >= 0.3 is 5.69 Å². The predicted octanol–water partition coefficient (Wildman–Crippen LogP) is -1.24. The molecule has 1 fully saturated rings. The van der Waals surface area contributed by atoms with Crippen LogP contribution >= 0.6 is 0 Å². The van der Waals surface area contributed by atoms with Crippen molar-refractivity contribution < 1.29 is 24.0 Å². The van der Waals surface area contributed by atoms with Crippen molar-refractivity contribution in [2.75, 3.05) is 26.7 Å². The van der Waals surface area contributed by atoms with E-state index in [0.29, 0.717) is 0 Å². The van der Waals surface area contributed by atoms with E-state index in [9.17, 15) is 33.6 Å². The summed E-state index contributed by atoms with van der Waals surface area (Å²) in [6, 6.07) is 7.11. The molecule has 44 heavy (non-hydrogen) atoms. The van der Waals surface area contributed by atoms with Crippen LogP contribution in [0.25, 0.3) is 0 Å². The van der Waals surface area contributed by atoms with Crippen molar-refractivity contribution in [3.8, 4) is 0 Å². The second-order valence-electron chi connectivity index (χ2n) is 11.4. The zero-order chi connectivity index (χ0) is 32.7. The van der Waals surface area contributed by atoms with Crippen molar-refractivity contribution in [1.82, 2.24) is 34.9 Å². The predicted molar refractivity (Wildman–Crippen MR) is 162 cm³/mol. The first-order chi connectivity index (χ1) is 20.7. The molecular weight excluding hydrogens is 570 g/mol. The van der Waals surface area contributed by atoms with Crippen LogP contribution in [0.5, 0.6) is 0 Å². The lowest BCUT2D eigenvalue weighted by molar-refractivity contribution is -0.142. The Morgan fingerprint density at radius 1 is 0.909 bits per heavy atom. The molecule has 1 aromatic carbocycles. The molecule has 3 rings (SSSR count). The van der Waals surface area contributed by atoms with Crippen molar-refractivity contribution in [3.05, 3.63) is 68.5 Å². The van der Waals surface area contributed by atoms with Crippen LogP contribution in [-0.4, -0.2) is 93.3 Å². The summed E-state index contributed by atoms with van der Waals surface area (Å²) in [6.45, 7) is 4.48. The van der Waals surface area contributed by atoms with Crippen molar-refractivity contribution >= 4 is 29.5 Å². The Kier molecular flexibility index (Phi) is 11.2. The average Bonchev–Trinajstić information content (AvgIpc) is 2.98. The smallest absolute Gasteiger partial charge is 0.331 e. The fourth-order valence-corrected chi connectivity index (χ4v) is 4.86. The largest absolute Gasteiger partial charge is 0.353 e. The van der Waals surface area contributed by atoms with Gasteiger partial charge in [-0.05, 0) is 24.8 Å². The first-order valence-electron chi connectivity index (χ1n) is 14.5. The summed E-state index contributed by atoms with van der Waals surface area (Å²) in [6.07, 6.45) is 0.425. The molecule has 0 saturated carbocycles. The van der Waals surface area contributed by atoms with Crippen molar-refractivity contribution in [3.63, 3.8) is 0 Å². The molecule has 0 spiro atoms. The van der Waals surface area contributed by atoms with E-state index in [4.69, 9.17) is 0 Å². The Bertz CT molecular complexity index is 1520. The van der Waals surface area contributed by atoms with E-state index in [2.05, 4.69) is 16.0 Å². The fourth-order valence-electron chi connectivity index (χ4n) is 4.86. The highest BCUT2D eigenvalue weighted by Gasteiger charge is 2.33. The standard InChI is InChI=1S/C30H41N7O7/c1-18(2)14-22-28(42)34(4)19(3)26(40)33-21(15-20-10-8-7-9-11-20)27(41)31-12-13-37(17-24(38)32-22)29(43)23-16-25(39)36(6)30(44)35(23)5/h7-11,16,18-19,21-22H,12-15,17H2,1-6H3,(H,31,41)(H,32,38)(H,33,40)/t19-,21-,22-/m0/s1. The topological polar surface area (TPSA) is 172 Å². The third-order valence-corrected chi connectivity index (χ3v) is 7.61. The number of carbonyl (C=O) groups excluding carboxylic acids is 5. The fraction of sp³-hybridized carbons (Fsp3) is 0.500. The Hall–Kier alpha value is -4.75. The van der Waals surface area contributed by atoms with Crippen molar-refractivity contribution in [2.45, 2.75) is 51.7 Å². The molecule has 238 valence electrons. The van der Waals surface area contributed by atoms with E-state index >= 15 is 0 Å². The van der Waals surface area contributed by atoms with E-state index in [-0.39, 0.29) is 37.5 Å². The Morgan fingerprint density at radius 2 is 1.57 bits per heavy atom. The summed E-state index contributed by atoms with van der Waals surface area (Å²) in [4.78, 5) is 94.2. The lowest BCUT2D eigenvalue weighted by Crippen LogP contribution is -2.57. The van der Waals surface area contributed by atoms with E-state index in [0.717, 1.165) is 25.7 Å². The summed E-state index contributed by atoms with van der Waals surface area (Å²) in [5.41, 5.74) is -0.881. The van der Waals surface area contributed by atoms with Crippen LogP contribution in [0.1, 0.15) is 43.2 Å². The van der Waals surface area contributed by atoms with Gasteiger partial charge in [0.1, 0.15) is 23.8 Å². The maximum absolute atomic E-state index is 13.6. The summed E-state index contributed by atoms with van der Waals surface area (Å²) >= 11 is 0. The highest BCUT2D eigenvalue weighted by atomic mass is 16.2. The van der Waals surface area contributed by atoms with Gasteiger partial charge in [0.15, 0.2) is 0 Å². The minimum atomic E-state index is -1.01. The number of nitrogens with one attached hydrogen (secondary N) is 3. The molecule has 1 aliphatic rings. The molecule has 3 atom stereocenters. The van der Waals surface area contributed by atoms with Gasteiger partial charge in [0.05, 0.1) is 6.54 Å². The maximum Gasteiger partial charge on any atom is 0.331 e. The first-order valence-corrected chi connectivity index (χ1v) is 14.5. The molecule has 3 N–H and O–H groups in total. The number of rotatable bonds is 5. The van der Waals surface area contributed by atoms with Gasteiger partial charge < -0.3 is 25.8 Å². The number of hydrogen-bond acceptors (Lipinski definition) is 7. The van der Waals surface area contributed by atoms with Gasteiger partial charge in [-0.2, -0.15) is 0 Å². The number of likely N-dealkylation sites (N-methyl/N-ethyl adjacent to an activating group) is 1. The molecule has 1 aliphatic heterocycles. The molecule has 14 nitrogen and oxygen atoms in total. The molecule has 2 heterocycles. The van der Waals surface area contributed by atoms with Gasteiger partial charge in [-0.15, -0.1) is 0 Å². The number of nitrogens with zero attached hydrogens (tertiary/aromatic N) is 4. The number of aromatic nitrogens is 2. The summed E-state index contributed by atoms with van der Waals surface area (Å²) in [7, 11) is 4.05. The summed E-state index contributed by atoms with van der Waals surface area (Å²) < 4.78 is 1.85. The van der Waals surface area contributed by atoms with Crippen LogP contribution in [0.4, 0.5) is 0 Å². The van der Waals surface area contributed by atoms with Crippen LogP contribution in [0.3, 0.4) is 0 Å². The molecule has 0 radical (unpaired) electrons. The molecule has 5 amide bonds. The quantitative estimate of drug-likeness (QED) is 0.380. The highest BCUT2D eigenvalue weighted by molar-refractivity contribution is 5.97.